The van der Waals surface area contributed by atoms with Gasteiger partial charge in [-0.05, 0) is 60.3 Å². The Labute approximate surface area is 192 Å². The maximum Gasteiger partial charge on any atom is 0.420 e. The summed E-state index contributed by atoms with van der Waals surface area (Å²) in [5.74, 6) is -0.764. The third-order valence-electron chi connectivity index (χ3n) is 6.24. The highest BCUT2D eigenvalue weighted by Crippen LogP contribution is 2.25. The molecule has 0 atom stereocenters. The predicted octanol–water partition coefficient (Wildman–Crippen LogP) is 4.17. The summed E-state index contributed by atoms with van der Waals surface area (Å²) in [5.41, 5.74) is 5.67. The quantitative estimate of drug-likeness (QED) is 0.467. The average Bonchev–Trinajstić information content (AvgIpc) is 3.46. The first-order valence-corrected chi connectivity index (χ1v) is 11.4. The largest absolute Gasteiger partial charge is 0.420 e. The smallest absolute Gasteiger partial charge is 0.408 e. The molecule has 168 valence electrons. The number of carbonyl (C=O) groups is 1. The number of carbonyl (C=O) groups excluding carboxylic acids is 1. The topological polar surface area (TPSA) is 67.5 Å². The van der Waals surface area contributed by atoms with Gasteiger partial charge >= 0.3 is 5.76 Å². The molecule has 0 aliphatic carbocycles. The van der Waals surface area contributed by atoms with Gasteiger partial charge in [0.25, 0.3) is 0 Å². The van der Waals surface area contributed by atoms with Crippen molar-refractivity contribution in [1.29, 1.82) is 0 Å². The van der Waals surface area contributed by atoms with E-state index in [-0.39, 0.29) is 12.5 Å². The third-order valence-corrected chi connectivity index (χ3v) is 6.24. The van der Waals surface area contributed by atoms with Crippen molar-refractivity contribution in [3.05, 3.63) is 94.5 Å². The van der Waals surface area contributed by atoms with Crippen LogP contribution in [0.5, 0.6) is 0 Å². The monoisotopic (exact) mass is 441 g/mol. The van der Waals surface area contributed by atoms with Crippen molar-refractivity contribution < 1.29 is 9.21 Å². The number of rotatable bonds is 7. The van der Waals surface area contributed by atoms with Crippen LogP contribution >= 0.6 is 0 Å². The fourth-order valence-corrected chi connectivity index (χ4v) is 4.50. The molecule has 1 N–H and O–H groups in total. The van der Waals surface area contributed by atoms with Crippen molar-refractivity contribution in [1.82, 2.24) is 14.8 Å². The van der Waals surface area contributed by atoms with E-state index in [2.05, 4.69) is 40.5 Å². The molecular formula is C27H27N3O3. The number of oxazole rings is 1. The number of nitrogens with zero attached hydrogens (tertiary/aromatic N) is 2. The summed E-state index contributed by atoms with van der Waals surface area (Å²) in [4.78, 5) is 27.2. The Morgan fingerprint density at radius 3 is 2.45 bits per heavy atom. The van der Waals surface area contributed by atoms with Gasteiger partial charge in [0.05, 0.1) is 5.52 Å². The van der Waals surface area contributed by atoms with E-state index in [0.29, 0.717) is 17.6 Å². The van der Waals surface area contributed by atoms with Crippen molar-refractivity contribution in [2.75, 3.05) is 13.1 Å². The Morgan fingerprint density at radius 2 is 1.64 bits per heavy atom. The first-order chi connectivity index (χ1) is 16.2. The minimum absolute atomic E-state index is 0.0801. The summed E-state index contributed by atoms with van der Waals surface area (Å²) < 4.78 is 6.57. The number of amides is 1. The van der Waals surface area contributed by atoms with Crippen molar-refractivity contribution >= 4 is 17.0 Å². The van der Waals surface area contributed by atoms with Crippen LogP contribution < -0.4 is 11.1 Å². The van der Waals surface area contributed by atoms with Crippen molar-refractivity contribution in [3.63, 3.8) is 0 Å². The number of hydrogen-bond acceptors (Lipinski definition) is 4. The molecule has 6 heteroatoms. The Kier molecular flexibility index (Phi) is 6.09. The van der Waals surface area contributed by atoms with Crippen LogP contribution in [0, 0.1) is 0 Å². The van der Waals surface area contributed by atoms with E-state index in [0.717, 1.165) is 23.2 Å². The summed E-state index contributed by atoms with van der Waals surface area (Å²) in [5, 5.41) is 2.95. The molecule has 0 bridgehead atoms. The highest BCUT2D eigenvalue weighted by Gasteiger charge is 2.14. The average molecular weight is 442 g/mol. The minimum atomic E-state index is -0.527. The molecule has 4 aromatic rings. The Balaban J connectivity index is 1.26. The molecule has 1 saturated heterocycles. The third kappa shape index (κ3) is 4.76. The zero-order valence-corrected chi connectivity index (χ0v) is 18.5. The number of benzene rings is 3. The first-order valence-electron chi connectivity index (χ1n) is 11.4. The fourth-order valence-electron chi connectivity index (χ4n) is 4.50. The summed E-state index contributed by atoms with van der Waals surface area (Å²) in [6.07, 6.45) is 2.59. The molecule has 1 amide bonds. The van der Waals surface area contributed by atoms with Crippen LogP contribution in [0.3, 0.4) is 0 Å². The summed E-state index contributed by atoms with van der Waals surface area (Å²) >= 11 is 0. The number of nitrogens with one attached hydrogen (secondary N) is 1. The van der Waals surface area contributed by atoms with Gasteiger partial charge in [-0.2, -0.15) is 0 Å². The van der Waals surface area contributed by atoms with E-state index in [1.165, 1.54) is 36.1 Å². The lowest BCUT2D eigenvalue weighted by Gasteiger charge is -2.15. The van der Waals surface area contributed by atoms with Crippen LogP contribution in [-0.2, 0) is 24.4 Å². The lowest BCUT2D eigenvalue weighted by molar-refractivity contribution is -0.121. The minimum Gasteiger partial charge on any atom is -0.408 e. The Morgan fingerprint density at radius 1 is 0.909 bits per heavy atom. The van der Waals surface area contributed by atoms with Gasteiger partial charge in [0.1, 0.15) is 6.54 Å². The molecule has 0 radical (unpaired) electrons. The number of fused-ring (bicyclic) bond motifs is 1. The Hall–Kier alpha value is -3.64. The van der Waals surface area contributed by atoms with E-state index in [1.54, 1.807) is 18.2 Å². The van der Waals surface area contributed by atoms with Crippen LogP contribution in [0.2, 0.25) is 0 Å². The molecular weight excluding hydrogens is 414 g/mol. The molecule has 1 fully saturated rings. The molecule has 0 spiro atoms. The van der Waals surface area contributed by atoms with Gasteiger partial charge in [-0.3, -0.25) is 14.3 Å². The number of para-hydroxylation sites is 2. The van der Waals surface area contributed by atoms with Gasteiger partial charge in [-0.1, -0.05) is 60.7 Å². The number of aromatic nitrogens is 1. The fraction of sp³-hybridized carbons (Fsp3) is 0.259. The van der Waals surface area contributed by atoms with E-state index in [1.807, 2.05) is 24.3 Å². The van der Waals surface area contributed by atoms with Gasteiger partial charge in [-0.25, -0.2) is 4.79 Å². The summed E-state index contributed by atoms with van der Waals surface area (Å²) in [6.45, 7) is 3.67. The van der Waals surface area contributed by atoms with Gasteiger partial charge in [0, 0.05) is 13.1 Å². The highest BCUT2D eigenvalue weighted by molar-refractivity contribution is 5.79. The van der Waals surface area contributed by atoms with Gasteiger partial charge < -0.3 is 9.73 Å². The second kappa shape index (κ2) is 9.46. The van der Waals surface area contributed by atoms with Gasteiger partial charge in [0.15, 0.2) is 5.58 Å². The molecule has 5 rings (SSSR count). The van der Waals surface area contributed by atoms with Crippen LogP contribution in [0.25, 0.3) is 22.2 Å². The van der Waals surface area contributed by atoms with Crippen LogP contribution in [-0.4, -0.2) is 28.5 Å². The van der Waals surface area contributed by atoms with Crippen molar-refractivity contribution in [2.45, 2.75) is 32.5 Å². The molecule has 33 heavy (non-hydrogen) atoms. The zero-order valence-electron chi connectivity index (χ0n) is 18.5. The predicted molar refractivity (Wildman–Crippen MR) is 129 cm³/mol. The maximum absolute atomic E-state index is 12.6. The Bertz CT molecular complexity index is 1310. The molecule has 2 heterocycles. The van der Waals surface area contributed by atoms with Crippen molar-refractivity contribution in [3.8, 4) is 11.1 Å². The molecule has 1 aliphatic rings. The van der Waals surface area contributed by atoms with Gasteiger partial charge in [0.2, 0.25) is 5.91 Å². The second-order valence-corrected chi connectivity index (χ2v) is 8.54. The lowest BCUT2D eigenvalue weighted by atomic mass is 9.98. The molecule has 1 aliphatic heterocycles. The molecule has 3 aromatic carbocycles. The van der Waals surface area contributed by atoms with E-state index in [4.69, 9.17) is 4.42 Å². The molecule has 6 nitrogen and oxygen atoms in total. The normalized spacial score (nSPS) is 14.1. The zero-order chi connectivity index (χ0) is 22.6. The summed E-state index contributed by atoms with van der Waals surface area (Å²) in [7, 11) is 0. The van der Waals surface area contributed by atoms with Crippen LogP contribution in [0.15, 0.2) is 82.0 Å². The molecule has 1 aromatic heterocycles. The molecule has 0 unspecified atom stereocenters. The summed E-state index contributed by atoms with van der Waals surface area (Å²) in [6, 6.07) is 23.9. The standard InChI is InChI=1S/C27H27N3O3/c31-26(19-30-24-9-3-4-10-25(24)33-27(30)32)28-17-22-7-1-2-8-23(22)21-13-11-20(12-14-21)18-29-15-5-6-16-29/h1-4,7-14H,5-6,15-19H2,(H,28,31). The van der Waals surface area contributed by atoms with Crippen molar-refractivity contribution in [2.24, 2.45) is 0 Å². The second-order valence-electron chi connectivity index (χ2n) is 8.54. The van der Waals surface area contributed by atoms with Gasteiger partial charge in [-0.15, -0.1) is 0 Å². The van der Waals surface area contributed by atoms with E-state index < -0.39 is 5.76 Å². The molecule has 0 saturated carbocycles. The van der Waals surface area contributed by atoms with Crippen LogP contribution in [0.4, 0.5) is 0 Å². The van der Waals surface area contributed by atoms with E-state index >= 15 is 0 Å². The SMILES string of the molecule is O=C(Cn1c(=O)oc2ccccc21)NCc1ccccc1-c1ccc(CN2CCCC2)cc1. The van der Waals surface area contributed by atoms with Crippen LogP contribution in [0.1, 0.15) is 24.0 Å². The number of likely N-dealkylation sites (tertiary alicyclic amines) is 1. The highest BCUT2D eigenvalue weighted by atomic mass is 16.4. The first kappa shape index (κ1) is 21.2. The number of hydrogen-bond donors (Lipinski definition) is 1. The maximum atomic E-state index is 12.6. The lowest BCUT2D eigenvalue weighted by Crippen LogP contribution is -2.30. The van der Waals surface area contributed by atoms with E-state index in [9.17, 15) is 9.59 Å².